The monoisotopic (exact) mass is 458 g/mol. The molecule has 0 unspecified atom stereocenters. The highest BCUT2D eigenvalue weighted by molar-refractivity contribution is 6.46. The fourth-order valence-corrected chi connectivity index (χ4v) is 4.02. The number of amides is 1. The van der Waals surface area contributed by atoms with Gasteiger partial charge in [-0.25, -0.2) is 0 Å². The molecule has 0 aliphatic carbocycles. The van der Waals surface area contributed by atoms with Gasteiger partial charge in [0, 0.05) is 24.5 Å². The van der Waals surface area contributed by atoms with Crippen LogP contribution < -0.4 is 9.47 Å². The molecule has 1 amide bonds. The number of pyridine rings is 1. The number of carbonyl (C=O) groups is 2. The summed E-state index contributed by atoms with van der Waals surface area (Å²) in [7, 11) is 0. The number of ether oxygens (including phenoxy) is 2. The van der Waals surface area contributed by atoms with Crippen LogP contribution in [-0.2, 0) is 16.1 Å². The molecule has 0 saturated carbocycles. The van der Waals surface area contributed by atoms with Crippen molar-refractivity contribution in [3.63, 3.8) is 0 Å². The van der Waals surface area contributed by atoms with E-state index in [0.717, 1.165) is 5.56 Å². The predicted octanol–water partition coefficient (Wildman–Crippen LogP) is 4.50. The summed E-state index contributed by atoms with van der Waals surface area (Å²) in [6, 6.07) is 16.8. The molecule has 0 bridgehead atoms. The molecule has 1 saturated heterocycles. The van der Waals surface area contributed by atoms with E-state index >= 15 is 0 Å². The number of benzene rings is 2. The molecule has 4 rings (SSSR count). The first kappa shape index (κ1) is 23.0. The van der Waals surface area contributed by atoms with Gasteiger partial charge in [-0.3, -0.25) is 14.6 Å². The summed E-state index contributed by atoms with van der Waals surface area (Å²) in [4.78, 5) is 31.9. The summed E-state index contributed by atoms with van der Waals surface area (Å²) in [5.41, 5.74) is 1.95. The SMILES string of the molecule is CCOc1ccc(/C(O)=C2\C(=O)C(=O)N(Cc3cccnc3)[C@H]2c2ccc(OCC)cc2)cc1. The molecule has 1 aliphatic heterocycles. The number of rotatable bonds is 8. The van der Waals surface area contributed by atoms with Gasteiger partial charge in [0.2, 0.25) is 0 Å². The van der Waals surface area contributed by atoms with Crippen LogP contribution in [0.5, 0.6) is 11.5 Å². The second kappa shape index (κ2) is 10.2. The predicted molar refractivity (Wildman–Crippen MR) is 127 cm³/mol. The number of hydrogen-bond acceptors (Lipinski definition) is 6. The maximum atomic E-state index is 13.2. The molecule has 0 radical (unpaired) electrons. The zero-order valence-electron chi connectivity index (χ0n) is 19.1. The highest BCUT2D eigenvalue weighted by Gasteiger charge is 2.46. The summed E-state index contributed by atoms with van der Waals surface area (Å²) >= 11 is 0. The largest absolute Gasteiger partial charge is 0.507 e. The second-order valence-electron chi connectivity index (χ2n) is 7.75. The van der Waals surface area contributed by atoms with Crippen LogP contribution in [0.25, 0.3) is 5.76 Å². The Morgan fingerprint density at radius 3 is 2.12 bits per heavy atom. The molecule has 1 fully saturated rings. The van der Waals surface area contributed by atoms with Gasteiger partial charge in [0.1, 0.15) is 17.3 Å². The third-order valence-corrected chi connectivity index (χ3v) is 5.56. The molecule has 1 aromatic heterocycles. The highest BCUT2D eigenvalue weighted by atomic mass is 16.5. The minimum Gasteiger partial charge on any atom is -0.507 e. The lowest BCUT2D eigenvalue weighted by atomic mass is 9.95. The molecule has 2 heterocycles. The summed E-state index contributed by atoms with van der Waals surface area (Å²) in [5.74, 6) is -0.292. The van der Waals surface area contributed by atoms with E-state index in [1.165, 1.54) is 4.90 Å². The van der Waals surface area contributed by atoms with Gasteiger partial charge in [0.05, 0.1) is 24.8 Å². The zero-order valence-corrected chi connectivity index (χ0v) is 19.1. The topological polar surface area (TPSA) is 89.0 Å². The van der Waals surface area contributed by atoms with Crippen molar-refractivity contribution in [3.8, 4) is 11.5 Å². The Labute approximate surface area is 198 Å². The molecular weight excluding hydrogens is 432 g/mol. The normalized spacial score (nSPS) is 17.1. The standard InChI is InChI=1S/C27H26N2O5/c1-3-33-21-11-7-19(8-12-21)24-23(25(30)20-9-13-22(14-10-20)34-4-2)26(31)27(32)29(24)17-18-6-5-15-28-16-18/h5-16,24,30H,3-4,17H2,1-2H3/b25-23+/t24-/m0/s1. The van der Waals surface area contributed by atoms with E-state index in [1.807, 2.05) is 32.0 Å². The molecule has 1 N–H and O–H groups in total. The molecule has 1 atom stereocenters. The van der Waals surface area contributed by atoms with Gasteiger partial charge in [-0.1, -0.05) is 18.2 Å². The average molecular weight is 459 g/mol. The first-order chi connectivity index (χ1) is 16.5. The Bertz CT molecular complexity index is 1190. The number of carbonyl (C=O) groups excluding carboxylic acids is 2. The second-order valence-corrected chi connectivity index (χ2v) is 7.75. The number of ketones is 1. The first-order valence-corrected chi connectivity index (χ1v) is 11.2. The summed E-state index contributed by atoms with van der Waals surface area (Å²) < 4.78 is 11.0. The van der Waals surface area contributed by atoms with E-state index in [1.54, 1.807) is 54.9 Å². The minimum atomic E-state index is -0.762. The smallest absolute Gasteiger partial charge is 0.295 e. The van der Waals surface area contributed by atoms with Crippen molar-refractivity contribution >= 4 is 17.4 Å². The van der Waals surface area contributed by atoms with Gasteiger partial charge >= 0.3 is 0 Å². The van der Waals surface area contributed by atoms with E-state index in [0.29, 0.717) is 35.8 Å². The van der Waals surface area contributed by atoms with Crippen molar-refractivity contribution in [1.82, 2.24) is 9.88 Å². The van der Waals surface area contributed by atoms with Gasteiger partial charge in [0.25, 0.3) is 11.7 Å². The van der Waals surface area contributed by atoms with Gasteiger partial charge < -0.3 is 19.5 Å². The zero-order chi connectivity index (χ0) is 24.1. The highest BCUT2D eigenvalue weighted by Crippen LogP contribution is 2.40. The molecule has 0 spiro atoms. The molecule has 7 heteroatoms. The van der Waals surface area contributed by atoms with Crippen LogP contribution in [0.1, 0.15) is 36.6 Å². The van der Waals surface area contributed by atoms with Crippen LogP contribution in [0.2, 0.25) is 0 Å². The maximum absolute atomic E-state index is 13.2. The van der Waals surface area contributed by atoms with Crippen molar-refractivity contribution in [2.75, 3.05) is 13.2 Å². The Hall–Kier alpha value is -4.13. The first-order valence-electron chi connectivity index (χ1n) is 11.2. The number of aliphatic hydroxyl groups is 1. The van der Waals surface area contributed by atoms with Crippen LogP contribution in [0.15, 0.2) is 78.6 Å². The number of likely N-dealkylation sites (tertiary alicyclic amines) is 1. The minimum absolute atomic E-state index is 0.0437. The molecule has 34 heavy (non-hydrogen) atoms. The van der Waals surface area contributed by atoms with Crippen LogP contribution in [-0.4, -0.2) is 39.9 Å². The van der Waals surface area contributed by atoms with E-state index in [-0.39, 0.29) is 17.9 Å². The van der Waals surface area contributed by atoms with Crippen LogP contribution in [0.4, 0.5) is 0 Å². The number of nitrogens with zero attached hydrogens (tertiary/aromatic N) is 2. The fourth-order valence-electron chi connectivity index (χ4n) is 4.02. The van der Waals surface area contributed by atoms with Crippen molar-refractivity contribution in [2.24, 2.45) is 0 Å². The summed E-state index contributed by atoms with van der Waals surface area (Å²) in [6.45, 7) is 5.00. The van der Waals surface area contributed by atoms with E-state index in [4.69, 9.17) is 9.47 Å². The third kappa shape index (κ3) is 4.64. The number of hydrogen-bond donors (Lipinski definition) is 1. The molecule has 2 aromatic carbocycles. The Morgan fingerprint density at radius 2 is 1.56 bits per heavy atom. The fraction of sp³-hybridized carbons (Fsp3) is 0.222. The van der Waals surface area contributed by atoms with Crippen molar-refractivity contribution < 1.29 is 24.2 Å². The van der Waals surface area contributed by atoms with Crippen molar-refractivity contribution in [1.29, 1.82) is 0 Å². The van der Waals surface area contributed by atoms with Gasteiger partial charge in [-0.05, 0) is 67.4 Å². The molecular formula is C27H26N2O5. The van der Waals surface area contributed by atoms with Crippen LogP contribution in [0, 0.1) is 0 Å². The lowest BCUT2D eigenvalue weighted by Crippen LogP contribution is -2.29. The molecule has 7 nitrogen and oxygen atoms in total. The number of aromatic nitrogens is 1. The van der Waals surface area contributed by atoms with E-state index in [2.05, 4.69) is 4.98 Å². The molecule has 1 aliphatic rings. The van der Waals surface area contributed by atoms with Crippen molar-refractivity contribution in [3.05, 3.63) is 95.3 Å². The maximum Gasteiger partial charge on any atom is 0.295 e. The van der Waals surface area contributed by atoms with E-state index < -0.39 is 17.7 Å². The lowest BCUT2D eigenvalue weighted by molar-refractivity contribution is -0.140. The van der Waals surface area contributed by atoms with Crippen LogP contribution >= 0.6 is 0 Å². The molecule has 3 aromatic rings. The Balaban J connectivity index is 1.79. The lowest BCUT2D eigenvalue weighted by Gasteiger charge is -2.25. The average Bonchev–Trinajstić information content (AvgIpc) is 3.10. The summed E-state index contributed by atoms with van der Waals surface area (Å²) in [5, 5.41) is 11.2. The van der Waals surface area contributed by atoms with Gasteiger partial charge in [0.15, 0.2) is 0 Å². The van der Waals surface area contributed by atoms with Gasteiger partial charge in [-0.2, -0.15) is 0 Å². The Morgan fingerprint density at radius 1 is 0.941 bits per heavy atom. The van der Waals surface area contributed by atoms with Crippen molar-refractivity contribution in [2.45, 2.75) is 26.4 Å². The third-order valence-electron chi connectivity index (χ3n) is 5.56. The number of aliphatic hydroxyl groups excluding tert-OH is 1. The Kier molecular flexibility index (Phi) is 6.92. The quantitative estimate of drug-likeness (QED) is 0.304. The van der Waals surface area contributed by atoms with Gasteiger partial charge in [-0.15, -0.1) is 0 Å². The molecule has 174 valence electrons. The number of Topliss-reactive ketones (excluding diaryl/α,β-unsaturated/α-hetero) is 1. The summed E-state index contributed by atoms with van der Waals surface area (Å²) in [6.07, 6.45) is 3.30. The van der Waals surface area contributed by atoms with E-state index in [9.17, 15) is 14.7 Å². The van der Waals surface area contributed by atoms with Crippen LogP contribution in [0.3, 0.4) is 0 Å².